The van der Waals surface area contributed by atoms with Gasteiger partial charge in [0.15, 0.2) is 0 Å². The molecule has 140 valence electrons. The number of methoxy groups -OCH3 is 1. The minimum atomic E-state index is -0.371. The number of anilines is 2. The van der Waals surface area contributed by atoms with Crippen molar-refractivity contribution in [3.63, 3.8) is 0 Å². The fourth-order valence-electron chi connectivity index (χ4n) is 2.74. The molecule has 0 radical (unpaired) electrons. The van der Waals surface area contributed by atoms with Gasteiger partial charge in [0, 0.05) is 12.8 Å². The van der Waals surface area contributed by atoms with Gasteiger partial charge in [0.25, 0.3) is 0 Å². The number of hydrogen-bond acceptors (Lipinski definition) is 4. The van der Waals surface area contributed by atoms with Crippen LogP contribution in [0.3, 0.4) is 0 Å². The van der Waals surface area contributed by atoms with Crippen molar-refractivity contribution in [1.29, 1.82) is 0 Å². The average molecular weight is 367 g/mol. The summed E-state index contributed by atoms with van der Waals surface area (Å²) in [4.78, 5) is 12.1. The zero-order chi connectivity index (χ0) is 19.1. The third-order valence-corrected chi connectivity index (χ3v) is 4.24. The summed E-state index contributed by atoms with van der Waals surface area (Å²) >= 11 is 0. The third kappa shape index (κ3) is 5.24. The molecule has 3 rings (SSSR count). The van der Waals surface area contributed by atoms with Crippen molar-refractivity contribution >= 4 is 23.5 Å². The van der Waals surface area contributed by atoms with Crippen LogP contribution in [0, 0.1) is 5.82 Å². The highest BCUT2D eigenvalue weighted by molar-refractivity contribution is 5.92. The van der Waals surface area contributed by atoms with Crippen LogP contribution in [-0.2, 0) is 16.0 Å². The first-order valence-electron chi connectivity index (χ1n) is 8.78. The summed E-state index contributed by atoms with van der Waals surface area (Å²) in [6, 6.07) is 13.7. The summed E-state index contributed by atoms with van der Waals surface area (Å²) in [5.41, 5.74) is 3.13. The fraction of sp³-hybridized carbons (Fsp3) is 0.238. The summed E-state index contributed by atoms with van der Waals surface area (Å²) in [6.07, 6.45) is 4.81. The van der Waals surface area contributed by atoms with Gasteiger partial charge in [0.2, 0.25) is 5.91 Å². The highest BCUT2D eigenvalue weighted by Gasteiger charge is 2.10. The van der Waals surface area contributed by atoms with Crippen LogP contribution >= 0.6 is 0 Å². The van der Waals surface area contributed by atoms with Crippen LogP contribution in [0.25, 0.3) is 0 Å². The van der Waals surface area contributed by atoms with Crippen LogP contribution in [-0.4, -0.2) is 32.4 Å². The van der Waals surface area contributed by atoms with Gasteiger partial charge in [-0.1, -0.05) is 24.3 Å². The predicted molar refractivity (Wildman–Crippen MR) is 106 cm³/mol. The lowest BCUT2D eigenvalue weighted by atomic mass is 10.1. The topological polar surface area (TPSA) is 53.9 Å². The minimum absolute atomic E-state index is 0.000110. The summed E-state index contributed by atoms with van der Waals surface area (Å²) in [5, 5.41) is 9.11. The number of rotatable bonds is 7. The van der Waals surface area contributed by atoms with Gasteiger partial charge < -0.3 is 10.1 Å². The molecule has 1 aliphatic heterocycles. The summed E-state index contributed by atoms with van der Waals surface area (Å²) in [6.45, 7) is 1.37. The largest absolute Gasteiger partial charge is 0.384 e. The number of nitrogens with one attached hydrogen (secondary N) is 1. The van der Waals surface area contributed by atoms with Crippen molar-refractivity contribution in [3.8, 4) is 0 Å². The Bertz CT molecular complexity index is 847. The van der Waals surface area contributed by atoms with Gasteiger partial charge in [0.1, 0.15) is 5.82 Å². The molecule has 0 saturated heterocycles. The predicted octanol–water partition coefficient (Wildman–Crippen LogP) is 3.78. The molecule has 1 amide bonds. The number of carbonyl (C=O) groups is 1. The van der Waals surface area contributed by atoms with Crippen molar-refractivity contribution in [2.45, 2.75) is 12.8 Å². The molecular formula is C21H22FN3O2. The van der Waals surface area contributed by atoms with E-state index in [4.69, 9.17) is 4.74 Å². The summed E-state index contributed by atoms with van der Waals surface area (Å²) in [5.74, 6) is -0.626. The van der Waals surface area contributed by atoms with E-state index in [2.05, 4.69) is 16.5 Å². The second kappa shape index (κ2) is 9.09. The van der Waals surface area contributed by atoms with Crippen LogP contribution in [0.15, 0.2) is 65.3 Å². The Balaban J connectivity index is 1.55. The van der Waals surface area contributed by atoms with Gasteiger partial charge in [-0.05, 0) is 47.9 Å². The summed E-state index contributed by atoms with van der Waals surface area (Å²) in [7, 11) is 1.68. The number of hydrogen-bond donors (Lipinski definition) is 1. The Morgan fingerprint density at radius 2 is 2.00 bits per heavy atom. The van der Waals surface area contributed by atoms with Gasteiger partial charge in [-0.15, -0.1) is 0 Å². The van der Waals surface area contributed by atoms with E-state index >= 15 is 0 Å². The maximum absolute atomic E-state index is 13.6. The van der Waals surface area contributed by atoms with Crippen LogP contribution in [0.1, 0.15) is 12.0 Å². The molecule has 27 heavy (non-hydrogen) atoms. The van der Waals surface area contributed by atoms with Gasteiger partial charge in [-0.3, -0.25) is 9.80 Å². The molecule has 2 aromatic rings. The molecule has 1 heterocycles. The number of amides is 1. The van der Waals surface area contributed by atoms with E-state index in [0.717, 1.165) is 17.7 Å². The van der Waals surface area contributed by atoms with Gasteiger partial charge in [-0.25, -0.2) is 4.39 Å². The van der Waals surface area contributed by atoms with Crippen LogP contribution in [0.2, 0.25) is 0 Å². The van der Waals surface area contributed by atoms with Crippen LogP contribution in [0.4, 0.5) is 15.8 Å². The number of carbonyl (C=O) groups excluding carboxylic acids is 1. The monoisotopic (exact) mass is 367 g/mol. The molecule has 0 atom stereocenters. The lowest BCUT2D eigenvalue weighted by Crippen LogP contribution is -2.21. The van der Waals surface area contributed by atoms with Crippen LogP contribution in [0.5, 0.6) is 0 Å². The highest BCUT2D eigenvalue weighted by Crippen LogP contribution is 2.21. The molecule has 6 heteroatoms. The van der Waals surface area contributed by atoms with Crippen molar-refractivity contribution < 1.29 is 13.9 Å². The number of benzene rings is 2. The van der Waals surface area contributed by atoms with Gasteiger partial charge >= 0.3 is 0 Å². The summed E-state index contributed by atoms with van der Waals surface area (Å²) < 4.78 is 18.7. The molecule has 0 aromatic heterocycles. The molecular weight excluding hydrogens is 345 g/mol. The van der Waals surface area contributed by atoms with E-state index in [0.29, 0.717) is 24.4 Å². The van der Waals surface area contributed by atoms with Crippen molar-refractivity contribution in [1.82, 2.24) is 0 Å². The zero-order valence-corrected chi connectivity index (χ0v) is 15.2. The Morgan fingerprint density at radius 3 is 2.67 bits per heavy atom. The SMILES string of the molecule is COCCC1=CCN(c2ccc(NC(=O)Cc3ccccc3F)cc2)N=C1. The first-order valence-corrected chi connectivity index (χ1v) is 8.78. The van der Waals surface area contributed by atoms with Crippen LogP contribution < -0.4 is 10.3 Å². The Kier molecular flexibility index (Phi) is 6.33. The van der Waals surface area contributed by atoms with Crippen molar-refractivity contribution in [2.24, 2.45) is 5.10 Å². The second-order valence-electron chi connectivity index (χ2n) is 6.21. The molecule has 0 aliphatic carbocycles. The first kappa shape index (κ1) is 18.8. The average Bonchev–Trinajstić information content (AvgIpc) is 2.69. The molecule has 5 nitrogen and oxygen atoms in total. The van der Waals surface area contributed by atoms with E-state index in [-0.39, 0.29) is 18.1 Å². The standard InChI is InChI=1S/C21H22FN3O2/c1-27-13-11-16-10-12-25(23-15-16)19-8-6-18(7-9-19)24-21(26)14-17-4-2-3-5-20(17)22/h2-10,15H,11-14H2,1H3,(H,24,26). The molecule has 0 saturated carbocycles. The lowest BCUT2D eigenvalue weighted by molar-refractivity contribution is -0.115. The normalized spacial score (nSPS) is 13.4. The zero-order valence-electron chi connectivity index (χ0n) is 15.2. The molecule has 1 aliphatic rings. The molecule has 0 bridgehead atoms. The first-order chi connectivity index (χ1) is 13.2. The molecule has 0 unspecified atom stereocenters. The maximum atomic E-state index is 13.6. The van der Waals surface area contributed by atoms with E-state index in [1.165, 1.54) is 6.07 Å². The van der Waals surface area contributed by atoms with Crippen molar-refractivity contribution in [2.75, 3.05) is 30.6 Å². The molecule has 0 fully saturated rings. The number of halogens is 1. The Hall–Kier alpha value is -2.99. The van der Waals surface area contributed by atoms with Gasteiger partial charge in [0.05, 0.1) is 31.5 Å². The number of nitrogens with zero attached hydrogens (tertiary/aromatic N) is 2. The Morgan fingerprint density at radius 1 is 1.22 bits per heavy atom. The number of hydrazone groups is 1. The maximum Gasteiger partial charge on any atom is 0.228 e. The van der Waals surface area contributed by atoms with E-state index in [9.17, 15) is 9.18 Å². The van der Waals surface area contributed by atoms with E-state index < -0.39 is 0 Å². The third-order valence-electron chi connectivity index (χ3n) is 4.24. The molecule has 0 spiro atoms. The minimum Gasteiger partial charge on any atom is -0.384 e. The lowest BCUT2D eigenvalue weighted by Gasteiger charge is -2.21. The highest BCUT2D eigenvalue weighted by atomic mass is 19.1. The van der Waals surface area contributed by atoms with E-state index in [1.54, 1.807) is 25.3 Å². The smallest absolute Gasteiger partial charge is 0.228 e. The quantitative estimate of drug-likeness (QED) is 0.810. The molecule has 2 aromatic carbocycles. The molecule has 1 N–H and O–H groups in total. The van der Waals surface area contributed by atoms with E-state index in [1.807, 2.05) is 35.5 Å². The number of ether oxygens (including phenoxy) is 1. The second-order valence-corrected chi connectivity index (χ2v) is 6.21. The van der Waals surface area contributed by atoms with Gasteiger partial charge in [-0.2, -0.15) is 5.10 Å². The Labute approximate surface area is 158 Å². The fourth-order valence-corrected chi connectivity index (χ4v) is 2.74. The van der Waals surface area contributed by atoms with Crippen molar-refractivity contribution in [3.05, 3.63) is 71.6 Å².